The van der Waals surface area contributed by atoms with E-state index in [0.29, 0.717) is 12.0 Å². The van der Waals surface area contributed by atoms with Gasteiger partial charge in [0.2, 0.25) is 0 Å². The lowest BCUT2D eigenvalue weighted by molar-refractivity contribution is -0.0251. The molecule has 0 bridgehead atoms. The Balaban J connectivity index is 2.42. The Morgan fingerprint density at radius 3 is 2.45 bits per heavy atom. The van der Waals surface area contributed by atoms with Crippen molar-refractivity contribution >= 4 is 0 Å². The Labute approximate surface area is 137 Å². The van der Waals surface area contributed by atoms with E-state index in [1.807, 2.05) is 0 Å². The molecule has 0 amide bonds. The molecule has 0 aliphatic carbocycles. The van der Waals surface area contributed by atoms with Crippen molar-refractivity contribution in [2.45, 2.75) is 72.1 Å². The summed E-state index contributed by atoms with van der Waals surface area (Å²) >= 11 is 0. The van der Waals surface area contributed by atoms with Gasteiger partial charge < -0.3 is 9.84 Å². The summed E-state index contributed by atoms with van der Waals surface area (Å²) in [4.78, 5) is 4.91. The van der Waals surface area contributed by atoms with Gasteiger partial charge in [-0.3, -0.25) is 9.80 Å². The molecule has 4 nitrogen and oxygen atoms in total. The average molecular weight is 315 g/mol. The average Bonchev–Trinajstić information content (AvgIpc) is 2.45. The van der Waals surface area contributed by atoms with Crippen LogP contribution in [0.25, 0.3) is 0 Å². The Hall–Kier alpha value is -0.160. The van der Waals surface area contributed by atoms with E-state index in [1.54, 1.807) is 0 Å². The molecule has 1 fully saturated rings. The molecule has 0 aromatic heterocycles. The molecule has 2 atom stereocenters. The van der Waals surface area contributed by atoms with Crippen molar-refractivity contribution in [3.63, 3.8) is 0 Å². The van der Waals surface area contributed by atoms with Crippen LogP contribution in [0, 0.1) is 5.92 Å². The largest absolute Gasteiger partial charge is 0.395 e. The van der Waals surface area contributed by atoms with Gasteiger partial charge in [-0.15, -0.1) is 0 Å². The normalized spacial score (nSPS) is 23.2. The minimum Gasteiger partial charge on any atom is -0.395 e. The number of hydrogen-bond acceptors (Lipinski definition) is 4. The summed E-state index contributed by atoms with van der Waals surface area (Å²) in [6.45, 7) is 18.6. The molecule has 1 heterocycles. The van der Waals surface area contributed by atoms with Crippen LogP contribution in [0.15, 0.2) is 0 Å². The maximum atomic E-state index is 9.62. The molecule has 1 rings (SSSR count). The lowest BCUT2D eigenvalue weighted by Crippen LogP contribution is -2.60. The van der Waals surface area contributed by atoms with Gasteiger partial charge >= 0.3 is 0 Å². The lowest BCUT2D eigenvalue weighted by atomic mass is 9.96. The second-order valence-electron chi connectivity index (χ2n) is 7.78. The third-order valence-corrected chi connectivity index (χ3v) is 5.00. The molecule has 2 unspecified atom stereocenters. The third-order valence-electron chi connectivity index (χ3n) is 5.00. The Kier molecular flexibility index (Phi) is 8.33. The van der Waals surface area contributed by atoms with E-state index in [-0.39, 0.29) is 18.2 Å². The molecular weight excluding hydrogens is 276 g/mol. The highest BCUT2D eigenvalue weighted by Crippen LogP contribution is 2.23. The van der Waals surface area contributed by atoms with E-state index in [9.17, 15) is 5.11 Å². The van der Waals surface area contributed by atoms with Gasteiger partial charge in [0.25, 0.3) is 0 Å². The van der Waals surface area contributed by atoms with Crippen LogP contribution in [0.5, 0.6) is 0 Å². The highest BCUT2D eigenvalue weighted by Gasteiger charge is 2.33. The first kappa shape index (κ1) is 19.9. The van der Waals surface area contributed by atoms with E-state index in [2.05, 4.69) is 51.3 Å². The molecule has 0 spiro atoms. The maximum absolute atomic E-state index is 9.62. The molecule has 1 aliphatic rings. The Morgan fingerprint density at radius 2 is 1.91 bits per heavy atom. The fourth-order valence-corrected chi connectivity index (χ4v) is 3.43. The molecule has 1 N–H and O–H groups in total. The lowest BCUT2D eigenvalue weighted by Gasteiger charge is -2.47. The van der Waals surface area contributed by atoms with E-state index in [1.165, 1.54) is 0 Å². The summed E-state index contributed by atoms with van der Waals surface area (Å²) in [5.74, 6) is 0.690. The van der Waals surface area contributed by atoms with E-state index < -0.39 is 0 Å². The number of piperazine rings is 1. The first-order valence-corrected chi connectivity index (χ1v) is 9.01. The summed E-state index contributed by atoms with van der Waals surface area (Å²) < 4.78 is 5.99. The molecule has 0 aromatic carbocycles. The van der Waals surface area contributed by atoms with Crippen molar-refractivity contribution in [2.75, 3.05) is 39.4 Å². The van der Waals surface area contributed by atoms with Crippen molar-refractivity contribution in [1.29, 1.82) is 0 Å². The molecule has 132 valence electrons. The second-order valence-corrected chi connectivity index (χ2v) is 7.78. The van der Waals surface area contributed by atoms with Gasteiger partial charge in [-0.1, -0.05) is 20.8 Å². The van der Waals surface area contributed by atoms with E-state index >= 15 is 0 Å². The van der Waals surface area contributed by atoms with Crippen LogP contribution in [-0.4, -0.2) is 72.0 Å². The molecule has 0 aromatic rings. The number of hydrogen-bond donors (Lipinski definition) is 1. The zero-order chi connectivity index (χ0) is 16.8. The van der Waals surface area contributed by atoms with Crippen molar-refractivity contribution in [1.82, 2.24) is 9.80 Å². The van der Waals surface area contributed by atoms with Crippen LogP contribution in [0.3, 0.4) is 0 Å². The third kappa shape index (κ3) is 6.15. The standard InChI is InChI=1S/C18H38N2O2/c1-7-19-9-10-20(13-17(19)14-21)18(5,6)8-11-22-16(4)12-15(2)3/h15-17,21H,7-14H2,1-6H3. The number of rotatable bonds is 9. The zero-order valence-corrected chi connectivity index (χ0v) is 15.6. The summed E-state index contributed by atoms with van der Waals surface area (Å²) in [5.41, 5.74) is 0.130. The van der Waals surface area contributed by atoms with Gasteiger partial charge in [0.05, 0.1) is 12.7 Å². The predicted molar refractivity (Wildman–Crippen MR) is 93.3 cm³/mol. The Morgan fingerprint density at radius 1 is 1.23 bits per heavy atom. The molecule has 1 aliphatic heterocycles. The van der Waals surface area contributed by atoms with Crippen LogP contribution in [0.4, 0.5) is 0 Å². The van der Waals surface area contributed by atoms with Gasteiger partial charge in [0.1, 0.15) is 0 Å². The summed E-state index contributed by atoms with van der Waals surface area (Å²) in [6.07, 6.45) is 2.51. The van der Waals surface area contributed by atoms with Crippen molar-refractivity contribution < 1.29 is 9.84 Å². The van der Waals surface area contributed by atoms with E-state index in [4.69, 9.17) is 4.74 Å². The van der Waals surface area contributed by atoms with Gasteiger partial charge in [-0.25, -0.2) is 0 Å². The smallest absolute Gasteiger partial charge is 0.0599 e. The van der Waals surface area contributed by atoms with Crippen LogP contribution in [0.2, 0.25) is 0 Å². The highest BCUT2D eigenvalue weighted by atomic mass is 16.5. The zero-order valence-electron chi connectivity index (χ0n) is 15.6. The minimum atomic E-state index is 0.130. The molecule has 0 saturated carbocycles. The minimum absolute atomic E-state index is 0.130. The highest BCUT2D eigenvalue weighted by molar-refractivity contribution is 4.89. The van der Waals surface area contributed by atoms with Gasteiger partial charge in [0, 0.05) is 37.8 Å². The van der Waals surface area contributed by atoms with E-state index in [0.717, 1.165) is 45.6 Å². The predicted octanol–water partition coefficient (Wildman–Crippen LogP) is 2.60. The SMILES string of the molecule is CCN1CCN(C(C)(C)CCOC(C)CC(C)C)CC1CO. The first-order chi connectivity index (χ1) is 10.3. The number of ether oxygens (including phenoxy) is 1. The summed E-state index contributed by atoms with van der Waals surface area (Å²) in [6, 6.07) is 0.277. The molecule has 0 radical (unpaired) electrons. The molecule has 1 saturated heterocycles. The molecule has 22 heavy (non-hydrogen) atoms. The number of aliphatic hydroxyl groups excluding tert-OH is 1. The van der Waals surface area contributed by atoms with Crippen LogP contribution in [0.1, 0.15) is 54.4 Å². The monoisotopic (exact) mass is 314 g/mol. The number of aliphatic hydroxyl groups is 1. The van der Waals surface area contributed by atoms with Crippen molar-refractivity contribution in [2.24, 2.45) is 5.92 Å². The summed E-state index contributed by atoms with van der Waals surface area (Å²) in [7, 11) is 0. The maximum Gasteiger partial charge on any atom is 0.0599 e. The van der Waals surface area contributed by atoms with Crippen LogP contribution >= 0.6 is 0 Å². The fraction of sp³-hybridized carbons (Fsp3) is 1.00. The Bertz CT molecular complexity index is 307. The summed E-state index contributed by atoms with van der Waals surface area (Å²) in [5, 5.41) is 9.62. The molecule has 4 heteroatoms. The number of likely N-dealkylation sites (N-methyl/N-ethyl adjacent to an activating group) is 1. The fourth-order valence-electron chi connectivity index (χ4n) is 3.43. The molecular formula is C18H38N2O2. The second kappa shape index (κ2) is 9.21. The van der Waals surface area contributed by atoms with Crippen LogP contribution < -0.4 is 0 Å². The van der Waals surface area contributed by atoms with Gasteiger partial charge in [0.15, 0.2) is 0 Å². The van der Waals surface area contributed by atoms with Gasteiger partial charge in [-0.2, -0.15) is 0 Å². The van der Waals surface area contributed by atoms with Gasteiger partial charge in [-0.05, 0) is 46.1 Å². The quantitative estimate of drug-likeness (QED) is 0.710. The van der Waals surface area contributed by atoms with Crippen molar-refractivity contribution in [3.05, 3.63) is 0 Å². The first-order valence-electron chi connectivity index (χ1n) is 9.01. The number of nitrogens with zero attached hydrogens (tertiary/aromatic N) is 2. The van der Waals surface area contributed by atoms with Crippen LogP contribution in [-0.2, 0) is 4.74 Å². The topological polar surface area (TPSA) is 35.9 Å². The van der Waals surface area contributed by atoms with Crippen molar-refractivity contribution in [3.8, 4) is 0 Å².